The van der Waals surface area contributed by atoms with Crippen molar-refractivity contribution in [3.8, 4) is 0 Å². The Labute approximate surface area is 145 Å². The minimum atomic E-state index is 0.0159. The van der Waals surface area contributed by atoms with Crippen molar-refractivity contribution in [2.75, 3.05) is 19.6 Å². The van der Waals surface area contributed by atoms with Crippen LogP contribution in [0.4, 0.5) is 0 Å². The number of benzene rings is 1. The average molecular weight is 330 g/mol. The fourth-order valence-electron chi connectivity index (χ4n) is 2.98. The van der Waals surface area contributed by atoms with Gasteiger partial charge in [0.2, 0.25) is 5.91 Å². The molecule has 1 saturated carbocycles. The molecule has 0 aromatic heterocycles. The monoisotopic (exact) mass is 330 g/mol. The maximum Gasteiger partial charge on any atom is 0.242 e. The standard InChI is InChI=1S/C19H30N4O/c1-2-20-19(21-14-13-16-9-5-3-6-10-16)22-15-18(24)23-17-11-7-4-8-12-17/h3,5-6,9-10,17H,2,4,7-8,11-15H2,1H3,(H,23,24)(H2,20,21,22). The molecule has 24 heavy (non-hydrogen) atoms. The first-order valence-corrected chi connectivity index (χ1v) is 9.13. The van der Waals surface area contributed by atoms with E-state index < -0.39 is 0 Å². The Morgan fingerprint density at radius 3 is 2.58 bits per heavy atom. The van der Waals surface area contributed by atoms with Crippen molar-refractivity contribution in [2.45, 2.75) is 51.5 Å². The van der Waals surface area contributed by atoms with Gasteiger partial charge in [0.25, 0.3) is 0 Å². The molecule has 0 atom stereocenters. The summed E-state index contributed by atoms with van der Waals surface area (Å²) in [6.45, 7) is 3.77. The van der Waals surface area contributed by atoms with Crippen molar-refractivity contribution in [3.63, 3.8) is 0 Å². The highest BCUT2D eigenvalue weighted by Gasteiger charge is 2.15. The van der Waals surface area contributed by atoms with Crippen molar-refractivity contribution in [3.05, 3.63) is 35.9 Å². The van der Waals surface area contributed by atoms with Crippen LogP contribution >= 0.6 is 0 Å². The second-order valence-corrected chi connectivity index (χ2v) is 6.26. The van der Waals surface area contributed by atoms with Crippen molar-refractivity contribution in [2.24, 2.45) is 4.99 Å². The molecular weight excluding hydrogens is 300 g/mol. The van der Waals surface area contributed by atoms with E-state index in [-0.39, 0.29) is 12.5 Å². The molecule has 0 radical (unpaired) electrons. The van der Waals surface area contributed by atoms with Gasteiger partial charge in [0.15, 0.2) is 5.96 Å². The SMILES string of the molecule is CCNC(=NCC(=O)NC1CCCCC1)NCCc1ccccc1. The summed E-state index contributed by atoms with van der Waals surface area (Å²) in [5.74, 6) is 0.717. The zero-order valence-electron chi connectivity index (χ0n) is 14.7. The van der Waals surface area contributed by atoms with Crippen LogP contribution in [-0.2, 0) is 11.2 Å². The number of nitrogens with zero attached hydrogens (tertiary/aromatic N) is 1. The predicted molar refractivity (Wildman–Crippen MR) is 99.1 cm³/mol. The molecule has 5 heteroatoms. The molecule has 1 amide bonds. The van der Waals surface area contributed by atoms with Crippen LogP contribution in [0.5, 0.6) is 0 Å². The summed E-state index contributed by atoms with van der Waals surface area (Å²) in [5.41, 5.74) is 1.29. The number of hydrogen-bond donors (Lipinski definition) is 3. The van der Waals surface area contributed by atoms with E-state index in [2.05, 4.69) is 33.1 Å². The molecule has 1 aliphatic rings. The van der Waals surface area contributed by atoms with E-state index in [0.29, 0.717) is 12.0 Å². The van der Waals surface area contributed by atoms with Crippen molar-refractivity contribution < 1.29 is 4.79 Å². The van der Waals surface area contributed by atoms with E-state index in [9.17, 15) is 4.79 Å². The van der Waals surface area contributed by atoms with Gasteiger partial charge in [-0.15, -0.1) is 0 Å². The summed E-state index contributed by atoms with van der Waals surface area (Å²) in [7, 11) is 0. The molecule has 0 heterocycles. The second kappa shape index (κ2) is 10.7. The van der Waals surface area contributed by atoms with Crippen LogP contribution < -0.4 is 16.0 Å². The van der Waals surface area contributed by atoms with Gasteiger partial charge in [-0.25, -0.2) is 4.99 Å². The third-order valence-electron chi connectivity index (χ3n) is 4.24. The van der Waals surface area contributed by atoms with Gasteiger partial charge in [0.1, 0.15) is 6.54 Å². The number of rotatable bonds is 7. The van der Waals surface area contributed by atoms with Gasteiger partial charge < -0.3 is 16.0 Å². The summed E-state index contributed by atoms with van der Waals surface area (Å²) in [4.78, 5) is 16.4. The van der Waals surface area contributed by atoms with Crippen molar-refractivity contribution >= 4 is 11.9 Å². The summed E-state index contributed by atoms with van der Waals surface area (Å²) in [5, 5.41) is 9.57. The topological polar surface area (TPSA) is 65.5 Å². The highest BCUT2D eigenvalue weighted by molar-refractivity contribution is 5.85. The first kappa shape index (κ1) is 18.3. The fraction of sp³-hybridized carbons (Fsp3) is 0.579. The minimum absolute atomic E-state index is 0.0159. The number of carbonyl (C=O) groups excluding carboxylic acids is 1. The Kier molecular flexibility index (Phi) is 8.15. The van der Waals surface area contributed by atoms with Gasteiger partial charge in [-0.05, 0) is 31.7 Å². The second-order valence-electron chi connectivity index (χ2n) is 6.26. The lowest BCUT2D eigenvalue weighted by atomic mass is 9.95. The molecule has 5 nitrogen and oxygen atoms in total. The first-order chi connectivity index (χ1) is 11.8. The smallest absolute Gasteiger partial charge is 0.242 e. The fourth-order valence-corrected chi connectivity index (χ4v) is 2.98. The Morgan fingerprint density at radius 1 is 1.12 bits per heavy atom. The molecule has 0 unspecified atom stereocenters. The van der Waals surface area contributed by atoms with E-state index in [1.54, 1.807) is 0 Å². The van der Waals surface area contributed by atoms with Gasteiger partial charge in [-0.3, -0.25) is 4.79 Å². The summed E-state index contributed by atoms with van der Waals surface area (Å²) in [6.07, 6.45) is 6.87. The normalized spacial score (nSPS) is 15.8. The molecule has 132 valence electrons. The minimum Gasteiger partial charge on any atom is -0.357 e. The first-order valence-electron chi connectivity index (χ1n) is 9.13. The molecule has 0 bridgehead atoms. The van der Waals surface area contributed by atoms with Crippen LogP contribution in [0.15, 0.2) is 35.3 Å². The zero-order chi connectivity index (χ0) is 17.0. The lowest BCUT2D eigenvalue weighted by Gasteiger charge is -2.22. The summed E-state index contributed by atoms with van der Waals surface area (Å²) >= 11 is 0. The number of nitrogens with one attached hydrogen (secondary N) is 3. The quantitative estimate of drug-likeness (QED) is 0.531. The maximum atomic E-state index is 12.0. The molecular formula is C19H30N4O. The van der Waals surface area contributed by atoms with E-state index in [1.807, 2.05) is 25.1 Å². The third-order valence-corrected chi connectivity index (χ3v) is 4.24. The van der Waals surface area contributed by atoms with Crippen LogP contribution in [0.3, 0.4) is 0 Å². The number of carbonyl (C=O) groups is 1. The van der Waals surface area contributed by atoms with E-state index in [4.69, 9.17) is 0 Å². The molecule has 1 aromatic rings. The van der Waals surface area contributed by atoms with Crippen LogP contribution in [-0.4, -0.2) is 37.5 Å². The highest BCUT2D eigenvalue weighted by Crippen LogP contribution is 2.17. The van der Waals surface area contributed by atoms with Crippen molar-refractivity contribution in [1.29, 1.82) is 0 Å². The largest absolute Gasteiger partial charge is 0.357 e. The van der Waals surface area contributed by atoms with Gasteiger partial charge in [-0.1, -0.05) is 49.6 Å². The predicted octanol–water partition coefficient (Wildman–Crippen LogP) is 2.23. The number of hydrogen-bond acceptors (Lipinski definition) is 2. The molecule has 0 aliphatic heterocycles. The lowest BCUT2D eigenvalue weighted by molar-refractivity contribution is -0.120. The number of amides is 1. The van der Waals surface area contributed by atoms with Crippen LogP contribution in [0.1, 0.15) is 44.6 Å². The van der Waals surface area contributed by atoms with E-state index >= 15 is 0 Å². The van der Waals surface area contributed by atoms with Gasteiger partial charge in [0.05, 0.1) is 0 Å². The van der Waals surface area contributed by atoms with E-state index in [1.165, 1.54) is 24.8 Å². The molecule has 3 N–H and O–H groups in total. The molecule has 1 aliphatic carbocycles. The van der Waals surface area contributed by atoms with Crippen LogP contribution in [0.2, 0.25) is 0 Å². The summed E-state index contributed by atoms with van der Waals surface area (Å²) in [6, 6.07) is 10.7. The summed E-state index contributed by atoms with van der Waals surface area (Å²) < 4.78 is 0. The Bertz CT molecular complexity index is 509. The zero-order valence-corrected chi connectivity index (χ0v) is 14.7. The third kappa shape index (κ3) is 7.02. The molecule has 2 rings (SSSR count). The van der Waals surface area contributed by atoms with Crippen molar-refractivity contribution in [1.82, 2.24) is 16.0 Å². The van der Waals surface area contributed by atoms with Crippen LogP contribution in [0, 0.1) is 0 Å². The maximum absolute atomic E-state index is 12.0. The number of aliphatic imine (C=N–C) groups is 1. The molecule has 1 aromatic carbocycles. The van der Waals surface area contributed by atoms with Crippen LogP contribution in [0.25, 0.3) is 0 Å². The van der Waals surface area contributed by atoms with Gasteiger partial charge in [0, 0.05) is 19.1 Å². The molecule has 0 spiro atoms. The highest BCUT2D eigenvalue weighted by atomic mass is 16.1. The van der Waals surface area contributed by atoms with Gasteiger partial charge in [-0.2, -0.15) is 0 Å². The molecule has 0 saturated heterocycles. The Morgan fingerprint density at radius 2 is 1.88 bits per heavy atom. The number of guanidine groups is 1. The average Bonchev–Trinajstić information content (AvgIpc) is 2.61. The van der Waals surface area contributed by atoms with Gasteiger partial charge >= 0.3 is 0 Å². The Balaban J connectivity index is 1.73. The molecule has 1 fully saturated rings. The van der Waals surface area contributed by atoms with E-state index in [0.717, 1.165) is 32.4 Å². The Hall–Kier alpha value is -2.04. The lowest BCUT2D eigenvalue weighted by Crippen LogP contribution is -2.41.